The second-order valence-electron chi connectivity index (χ2n) is 7.00. The maximum Gasteiger partial charge on any atom is 0.118 e. The lowest BCUT2D eigenvalue weighted by molar-refractivity contribution is 0.0752. The van der Waals surface area contributed by atoms with Crippen LogP contribution in [-0.2, 0) is 5.41 Å². The van der Waals surface area contributed by atoms with Gasteiger partial charge in [0.2, 0.25) is 0 Å². The molecule has 2 rings (SSSR count). The van der Waals surface area contributed by atoms with Gasteiger partial charge in [0, 0.05) is 17.4 Å². The SMILES string of the molecule is COc1ccc(C2(CC#N)CCN(C(C)(C)C)CC2)cc1. The molecule has 1 aromatic carbocycles. The maximum absolute atomic E-state index is 9.28. The van der Waals surface area contributed by atoms with Crippen molar-refractivity contribution in [2.45, 2.75) is 51.0 Å². The molecule has 114 valence electrons. The first kappa shape index (κ1) is 15.9. The Morgan fingerprint density at radius 1 is 1.19 bits per heavy atom. The smallest absolute Gasteiger partial charge is 0.118 e. The molecular weight excluding hydrogens is 260 g/mol. The molecule has 1 heterocycles. The number of ether oxygens (including phenoxy) is 1. The third-order valence-electron chi connectivity index (χ3n) is 4.79. The fraction of sp³-hybridized carbons (Fsp3) is 0.611. The molecule has 1 fully saturated rings. The molecule has 0 spiro atoms. The summed E-state index contributed by atoms with van der Waals surface area (Å²) in [5.41, 5.74) is 1.49. The van der Waals surface area contributed by atoms with Crippen LogP contribution in [0.3, 0.4) is 0 Å². The summed E-state index contributed by atoms with van der Waals surface area (Å²) >= 11 is 0. The van der Waals surface area contributed by atoms with E-state index >= 15 is 0 Å². The molecule has 3 heteroatoms. The maximum atomic E-state index is 9.28. The number of benzene rings is 1. The summed E-state index contributed by atoms with van der Waals surface area (Å²) in [6.45, 7) is 8.89. The molecule has 3 nitrogen and oxygen atoms in total. The number of piperidine rings is 1. The minimum absolute atomic E-state index is 0.00275. The van der Waals surface area contributed by atoms with E-state index in [2.05, 4.69) is 43.9 Å². The summed E-state index contributed by atoms with van der Waals surface area (Å²) in [5.74, 6) is 0.873. The topological polar surface area (TPSA) is 36.3 Å². The molecule has 0 amide bonds. The van der Waals surface area contributed by atoms with Crippen molar-refractivity contribution >= 4 is 0 Å². The van der Waals surface area contributed by atoms with Gasteiger partial charge in [-0.25, -0.2) is 0 Å². The predicted octanol–water partition coefficient (Wildman–Crippen LogP) is 3.74. The lowest BCUT2D eigenvalue weighted by atomic mass is 9.70. The predicted molar refractivity (Wildman–Crippen MR) is 85.5 cm³/mol. The first-order chi connectivity index (χ1) is 9.91. The monoisotopic (exact) mass is 286 g/mol. The second-order valence-corrected chi connectivity index (χ2v) is 7.00. The highest BCUT2D eigenvalue weighted by Gasteiger charge is 2.38. The zero-order chi connectivity index (χ0) is 15.5. The Kier molecular flexibility index (Phi) is 4.58. The van der Waals surface area contributed by atoms with Gasteiger partial charge in [-0.15, -0.1) is 0 Å². The standard InChI is InChI=1S/C18H26N2O/c1-17(2,3)20-13-10-18(9-12-19,11-14-20)15-5-7-16(21-4)8-6-15/h5-8H,9-11,13-14H2,1-4H3. The van der Waals surface area contributed by atoms with Gasteiger partial charge in [-0.2, -0.15) is 5.26 Å². The second kappa shape index (κ2) is 6.07. The van der Waals surface area contributed by atoms with Crippen molar-refractivity contribution in [3.63, 3.8) is 0 Å². The molecule has 0 aliphatic carbocycles. The van der Waals surface area contributed by atoms with Gasteiger partial charge in [0.15, 0.2) is 0 Å². The summed E-state index contributed by atoms with van der Waals surface area (Å²) in [6, 6.07) is 10.7. The van der Waals surface area contributed by atoms with Crippen LogP contribution in [0.15, 0.2) is 24.3 Å². The van der Waals surface area contributed by atoms with Crippen LogP contribution >= 0.6 is 0 Å². The van der Waals surface area contributed by atoms with Crippen molar-refractivity contribution < 1.29 is 4.74 Å². The summed E-state index contributed by atoms with van der Waals surface area (Å²) in [5, 5.41) is 9.28. The first-order valence-corrected chi connectivity index (χ1v) is 7.68. The van der Waals surface area contributed by atoms with Gasteiger partial charge >= 0.3 is 0 Å². The summed E-state index contributed by atoms with van der Waals surface area (Å²) in [6.07, 6.45) is 2.69. The van der Waals surface area contributed by atoms with E-state index in [9.17, 15) is 5.26 Å². The van der Waals surface area contributed by atoms with E-state index in [1.165, 1.54) is 5.56 Å². The van der Waals surface area contributed by atoms with Crippen molar-refractivity contribution in [1.29, 1.82) is 5.26 Å². The Morgan fingerprint density at radius 2 is 1.76 bits per heavy atom. The van der Waals surface area contributed by atoms with E-state index in [0.29, 0.717) is 6.42 Å². The summed E-state index contributed by atoms with van der Waals surface area (Å²) < 4.78 is 5.24. The summed E-state index contributed by atoms with van der Waals surface area (Å²) in [4.78, 5) is 2.52. The Labute approximate surface area is 128 Å². The lowest BCUT2D eigenvalue weighted by Gasteiger charge is -2.46. The number of likely N-dealkylation sites (tertiary alicyclic amines) is 1. The summed E-state index contributed by atoms with van der Waals surface area (Å²) in [7, 11) is 1.68. The van der Waals surface area contributed by atoms with Gasteiger partial charge in [0.1, 0.15) is 5.75 Å². The average Bonchev–Trinajstić information content (AvgIpc) is 2.47. The van der Waals surface area contributed by atoms with Crippen LogP contribution in [0.1, 0.15) is 45.6 Å². The molecule has 21 heavy (non-hydrogen) atoms. The quantitative estimate of drug-likeness (QED) is 0.849. The number of hydrogen-bond acceptors (Lipinski definition) is 3. The molecule has 1 aromatic rings. The fourth-order valence-corrected chi connectivity index (χ4v) is 3.27. The van der Waals surface area contributed by atoms with Crippen LogP contribution in [0, 0.1) is 11.3 Å². The van der Waals surface area contributed by atoms with Crippen molar-refractivity contribution in [2.24, 2.45) is 0 Å². The van der Waals surface area contributed by atoms with Crippen LogP contribution in [0.2, 0.25) is 0 Å². The van der Waals surface area contributed by atoms with Crippen LogP contribution in [0.25, 0.3) is 0 Å². The van der Waals surface area contributed by atoms with E-state index in [4.69, 9.17) is 4.74 Å². The Morgan fingerprint density at radius 3 is 2.19 bits per heavy atom. The molecule has 0 bridgehead atoms. The minimum atomic E-state index is 0.00275. The molecule has 0 atom stereocenters. The van der Waals surface area contributed by atoms with Gasteiger partial charge in [0.05, 0.1) is 13.2 Å². The van der Waals surface area contributed by atoms with Gasteiger partial charge in [-0.1, -0.05) is 12.1 Å². The molecule has 0 radical (unpaired) electrons. The molecule has 0 aromatic heterocycles. The third-order valence-corrected chi connectivity index (χ3v) is 4.79. The van der Waals surface area contributed by atoms with Crippen LogP contribution in [0.4, 0.5) is 0 Å². The van der Waals surface area contributed by atoms with Gasteiger partial charge in [-0.05, 0) is 64.4 Å². The minimum Gasteiger partial charge on any atom is -0.497 e. The Bertz CT molecular complexity index is 500. The number of nitrogens with zero attached hydrogens (tertiary/aromatic N) is 2. The van der Waals surface area contributed by atoms with E-state index in [0.717, 1.165) is 31.7 Å². The normalized spacial score (nSPS) is 19.0. The zero-order valence-electron chi connectivity index (χ0n) is 13.6. The number of methoxy groups -OCH3 is 1. The number of hydrogen-bond donors (Lipinski definition) is 0. The van der Waals surface area contributed by atoms with Crippen molar-refractivity contribution in [2.75, 3.05) is 20.2 Å². The first-order valence-electron chi connectivity index (χ1n) is 7.68. The molecular formula is C18H26N2O. The average molecular weight is 286 g/mol. The highest BCUT2D eigenvalue weighted by molar-refractivity contribution is 5.34. The molecule has 1 saturated heterocycles. The van der Waals surface area contributed by atoms with Crippen LogP contribution in [-0.4, -0.2) is 30.6 Å². The molecule has 1 aliphatic rings. The lowest BCUT2D eigenvalue weighted by Crippen LogP contribution is -2.50. The number of rotatable bonds is 3. The molecule has 0 unspecified atom stereocenters. The van der Waals surface area contributed by atoms with Crippen molar-refractivity contribution in [3.8, 4) is 11.8 Å². The molecule has 1 aliphatic heterocycles. The zero-order valence-corrected chi connectivity index (χ0v) is 13.6. The van der Waals surface area contributed by atoms with Gasteiger partial charge in [0.25, 0.3) is 0 Å². The van der Waals surface area contributed by atoms with Gasteiger partial charge < -0.3 is 4.74 Å². The van der Waals surface area contributed by atoms with Crippen LogP contribution < -0.4 is 4.74 Å². The van der Waals surface area contributed by atoms with Gasteiger partial charge in [-0.3, -0.25) is 4.90 Å². The highest BCUT2D eigenvalue weighted by atomic mass is 16.5. The number of nitriles is 1. The largest absolute Gasteiger partial charge is 0.497 e. The fourth-order valence-electron chi connectivity index (χ4n) is 3.27. The van der Waals surface area contributed by atoms with Crippen molar-refractivity contribution in [3.05, 3.63) is 29.8 Å². The van der Waals surface area contributed by atoms with Crippen LogP contribution in [0.5, 0.6) is 5.75 Å². The third kappa shape index (κ3) is 3.39. The Hall–Kier alpha value is -1.53. The van der Waals surface area contributed by atoms with E-state index in [1.54, 1.807) is 7.11 Å². The highest BCUT2D eigenvalue weighted by Crippen LogP contribution is 2.40. The van der Waals surface area contributed by atoms with E-state index in [-0.39, 0.29) is 11.0 Å². The molecule has 0 saturated carbocycles. The molecule has 0 N–H and O–H groups in total. The Balaban J connectivity index is 2.21. The van der Waals surface area contributed by atoms with E-state index in [1.807, 2.05) is 12.1 Å². The van der Waals surface area contributed by atoms with Crippen molar-refractivity contribution in [1.82, 2.24) is 4.90 Å². The van der Waals surface area contributed by atoms with E-state index < -0.39 is 0 Å².